The summed E-state index contributed by atoms with van der Waals surface area (Å²) in [6, 6.07) is 5.43. The predicted octanol–water partition coefficient (Wildman–Crippen LogP) is 1.29. The first kappa shape index (κ1) is 10.4. The second-order valence-electron chi connectivity index (χ2n) is 4.63. The molecule has 0 spiro atoms. The molecular formula is C12H18N2O. The molecule has 15 heavy (non-hydrogen) atoms. The van der Waals surface area contributed by atoms with Gasteiger partial charge in [-0.3, -0.25) is 4.79 Å². The molecule has 1 aliphatic rings. The first-order valence-electron chi connectivity index (χ1n) is 5.53. The summed E-state index contributed by atoms with van der Waals surface area (Å²) in [6.45, 7) is 3.55. The van der Waals surface area contributed by atoms with Gasteiger partial charge in [-0.25, -0.2) is 0 Å². The van der Waals surface area contributed by atoms with E-state index < -0.39 is 0 Å². The summed E-state index contributed by atoms with van der Waals surface area (Å²) in [6.07, 6.45) is 3.46. The fourth-order valence-corrected chi connectivity index (χ4v) is 2.13. The van der Waals surface area contributed by atoms with Crippen LogP contribution in [0.1, 0.15) is 25.0 Å². The molecule has 1 heterocycles. The third-order valence-corrected chi connectivity index (χ3v) is 3.39. The molecule has 0 bridgehead atoms. The Morgan fingerprint density at radius 3 is 2.73 bits per heavy atom. The average Bonchev–Trinajstić information content (AvgIpc) is 2.93. The lowest BCUT2D eigenvalue weighted by atomic mass is 10.0. The highest BCUT2D eigenvalue weighted by Gasteiger charge is 2.42. The molecule has 0 aliphatic heterocycles. The SMILES string of the molecule is Cc1cccc(=O)n1CC1(CCN)CC1. The Morgan fingerprint density at radius 1 is 1.47 bits per heavy atom. The molecule has 1 aromatic rings. The van der Waals surface area contributed by atoms with E-state index in [-0.39, 0.29) is 5.56 Å². The largest absolute Gasteiger partial charge is 0.330 e. The van der Waals surface area contributed by atoms with Crippen LogP contribution in [-0.2, 0) is 6.54 Å². The molecule has 2 rings (SSSR count). The average molecular weight is 206 g/mol. The van der Waals surface area contributed by atoms with Crippen LogP contribution in [0.25, 0.3) is 0 Å². The Hall–Kier alpha value is -1.09. The molecule has 0 amide bonds. The van der Waals surface area contributed by atoms with Gasteiger partial charge in [-0.05, 0) is 44.2 Å². The zero-order valence-corrected chi connectivity index (χ0v) is 9.20. The Balaban J connectivity index is 2.21. The molecule has 1 aromatic heterocycles. The zero-order valence-electron chi connectivity index (χ0n) is 9.20. The quantitative estimate of drug-likeness (QED) is 0.807. The van der Waals surface area contributed by atoms with Gasteiger partial charge in [-0.15, -0.1) is 0 Å². The number of hydrogen-bond acceptors (Lipinski definition) is 2. The van der Waals surface area contributed by atoms with Gasteiger partial charge < -0.3 is 10.3 Å². The highest BCUT2D eigenvalue weighted by molar-refractivity contribution is 5.06. The lowest BCUT2D eigenvalue weighted by molar-refractivity contribution is 0.387. The third-order valence-electron chi connectivity index (χ3n) is 3.39. The molecule has 1 saturated carbocycles. The van der Waals surface area contributed by atoms with Gasteiger partial charge in [0.1, 0.15) is 0 Å². The maximum absolute atomic E-state index is 11.7. The maximum Gasteiger partial charge on any atom is 0.250 e. The summed E-state index contributed by atoms with van der Waals surface area (Å²) < 4.78 is 1.88. The Kier molecular flexibility index (Phi) is 2.65. The minimum atomic E-state index is 0.110. The molecule has 2 N–H and O–H groups in total. The first-order valence-corrected chi connectivity index (χ1v) is 5.53. The number of aryl methyl sites for hydroxylation is 1. The zero-order chi connectivity index (χ0) is 10.9. The molecule has 3 heteroatoms. The van der Waals surface area contributed by atoms with E-state index in [2.05, 4.69) is 0 Å². The van der Waals surface area contributed by atoms with Gasteiger partial charge in [0.15, 0.2) is 0 Å². The number of nitrogens with two attached hydrogens (primary N) is 1. The van der Waals surface area contributed by atoms with Crippen molar-refractivity contribution < 1.29 is 0 Å². The van der Waals surface area contributed by atoms with Crippen molar-refractivity contribution in [1.29, 1.82) is 0 Å². The van der Waals surface area contributed by atoms with E-state index in [0.717, 1.165) is 25.2 Å². The second kappa shape index (κ2) is 3.81. The summed E-state index contributed by atoms with van der Waals surface area (Å²) in [4.78, 5) is 11.7. The van der Waals surface area contributed by atoms with Crippen molar-refractivity contribution in [2.75, 3.05) is 6.54 Å². The minimum Gasteiger partial charge on any atom is -0.330 e. The summed E-state index contributed by atoms with van der Waals surface area (Å²) in [7, 11) is 0. The van der Waals surface area contributed by atoms with Crippen molar-refractivity contribution in [3.05, 3.63) is 34.2 Å². The van der Waals surface area contributed by atoms with Crippen LogP contribution in [0.15, 0.2) is 23.0 Å². The van der Waals surface area contributed by atoms with Crippen LogP contribution in [-0.4, -0.2) is 11.1 Å². The van der Waals surface area contributed by atoms with Crippen LogP contribution < -0.4 is 11.3 Å². The maximum atomic E-state index is 11.7. The van der Waals surface area contributed by atoms with E-state index >= 15 is 0 Å². The number of pyridine rings is 1. The molecule has 0 radical (unpaired) electrons. The standard InChI is InChI=1S/C12H18N2O/c1-10-3-2-4-11(15)14(10)9-12(5-6-12)7-8-13/h2-4H,5-9,13H2,1H3. The van der Waals surface area contributed by atoms with E-state index in [4.69, 9.17) is 5.73 Å². The lowest BCUT2D eigenvalue weighted by Crippen LogP contribution is -2.26. The topological polar surface area (TPSA) is 48.0 Å². The van der Waals surface area contributed by atoms with Gasteiger partial charge in [0, 0.05) is 18.3 Å². The first-order chi connectivity index (χ1) is 7.17. The summed E-state index contributed by atoms with van der Waals surface area (Å²) in [5, 5.41) is 0. The molecule has 82 valence electrons. The van der Waals surface area contributed by atoms with Crippen LogP contribution in [0.2, 0.25) is 0 Å². The summed E-state index contributed by atoms with van der Waals surface area (Å²) in [5.74, 6) is 0. The Bertz CT molecular complexity index is 404. The summed E-state index contributed by atoms with van der Waals surface area (Å²) in [5.41, 5.74) is 7.08. The summed E-state index contributed by atoms with van der Waals surface area (Å²) >= 11 is 0. The minimum absolute atomic E-state index is 0.110. The molecule has 0 aromatic carbocycles. The van der Waals surface area contributed by atoms with E-state index in [1.807, 2.05) is 23.6 Å². The molecule has 1 fully saturated rings. The Labute approximate surface area is 89.9 Å². The lowest BCUT2D eigenvalue weighted by Gasteiger charge is -2.17. The van der Waals surface area contributed by atoms with Gasteiger partial charge in [0.05, 0.1) is 0 Å². The van der Waals surface area contributed by atoms with Crippen LogP contribution in [0.3, 0.4) is 0 Å². The number of aromatic nitrogens is 1. The predicted molar refractivity (Wildman–Crippen MR) is 60.8 cm³/mol. The van der Waals surface area contributed by atoms with Crippen molar-refractivity contribution in [3.8, 4) is 0 Å². The van der Waals surface area contributed by atoms with E-state index in [1.165, 1.54) is 12.8 Å². The van der Waals surface area contributed by atoms with Gasteiger partial charge in [0.25, 0.3) is 5.56 Å². The van der Waals surface area contributed by atoms with Gasteiger partial charge in [0.2, 0.25) is 0 Å². The molecule has 0 unspecified atom stereocenters. The van der Waals surface area contributed by atoms with Crippen LogP contribution in [0, 0.1) is 12.3 Å². The highest BCUT2D eigenvalue weighted by atomic mass is 16.1. The fourth-order valence-electron chi connectivity index (χ4n) is 2.13. The molecular weight excluding hydrogens is 188 g/mol. The van der Waals surface area contributed by atoms with Crippen molar-refractivity contribution >= 4 is 0 Å². The van der Waals surface area contributed by atoms with Gasteiger partial charge in [-0.1, -0.05) is 6.07 Å². The fraction of sp³-hybridized carbons (Fsp3) is 0.583. The molecule has 0 saturated heterocycles. The van der Waals surface area contributed by atoms with Crippen molar-refractivity contribution in [1.82, 2.24) is 4.57 Å². The molecule has 0 atom stereocenters. The normalized spacial score (nSPS) is 17.7. The van der Waals surface area contributed by atoms with Crippen LogP contribution in [0.5, 0.6) is 0 Å². The van der Waals surface area contributed by atoms with E-state index in [1.54, 1.807) is 6.07 Å². The van der Waals surface area contributed by atoms with E-state index in [0.29, 0.717) is 5.41 Å². The smallest absolute Gasteiger partial charge is 0.250 e. The second-order valence-corrected chi connectivity index (χ2v) is 4.63. The molecule has 3 nitrogen and oxygen atoms in total. The van der Waals surface area contributed by atoms with Crippen molar-refractivity contribution in [2.45, 2.75) is 32.7 Å². The van der Waals surface area contributed by atoms with Crippen molar-refractivity contribution in [3.63, 3.8) is 0 Å². The van der Waals surface area contributed by atoms with E-state index in [9.17, 15) is 4.79 Å². The van der Waals surface area contributed by atoms with Crippen molar-refractivity contribution in [2.24, 2.45) is 11.1 Å². The highest BCUT2D eigenvalue weighted by Crippen LogP contribution is 2.49. The number of hydrogen-bond donors (Lipinski definition) is 1. The van der Waals surface area contributed by atoms with Gasteiger partial charge in [-0.2, -0.15) is 0 Å². The Morgan fingerprint density at radius 2 is 2.20 bits per heavy atom. The van der Waals surface area contributed by atoms with Crippen LogP contribution >= 0.6 is 0 Å². The third kappa shape index (κ3) is 2.12. The van der Waals surface area contributed by atoms with Gasteiger partial charge >= 0.3 is 0 Å². The number of rotatable bonds is 4. The monoisotopic (exact) mass is 206 g/mol. The van der Waals surface area contributed by atoms with Crippen LogP contribution in [0.4, 0.5) is 0 Å². The molecule has 1 aliphatic carbocycles. The number of nitrogens with zero attached hydrogens (tertiary/aromatic N) is 1.